The van der Waals surface area contributed by atoms with Crippen LogP contribution in [-0.4, -0.2) is 24.6 Å². The Bertz CT molecular complexity index is 509. The van der Waals surface area contributed by atoms with Crippen LogP contribution in [-0.2, 0) is 25.5 Å². The molecule has 20 heavy (non-hydrogen) atoms. The van der Waals surface area contributed by atoms with Gasteiger partial charge in [-0.25, -0.2) is 4.79 Å². The molecule has 1 aromatic carbocycles. The lowest BCUT2D eigenvalue weighted by atomic mass is 10.1. The normalized spacial score (nSPS) is 11.4. The van der Waals surface area contributed by atoms with E-state index in [1.807, 2.05) is 45.0 Å². The molecule has 0 aliphatic heterocycles. The van der Waals surface area contributed by atoms with E-state index in [0.29, 0.717) is 0 Å². The number of benzene rings is 1. The van der Waals surface area contributed by atoms with E-state index in [0.717, 1.165) is 11.1 Å². The number of hydrogen-bond donors (Lipinski definition) is 0. The lowest BCUT2D eigenvalue weighted by Crippen LogP contribution is -2.22. The van der Waals surface area contributed by atoms with Crippen LogP contribution in [0.3, 0.4) is 0 Å². The van der Waals surface area contributed by atoms with Gasteiger partial charge in [0.2, 0.25) is 0 Å². The lowest BCUT2D eigenvalue weighted by Gasteiger charge is -2.17. The molecule has 0 spiro atoms. The highest BCUT2D eigenvalue weighted by molar-refractivity contribution is 5.87. The SMILES string of the molecule is COC(=O)Cc1cccc(/C=C/C(=O)OC(C)(C)C)c1. The zero-order valence-electron chi connectivity index (χ0n) is 12.3. The van der Waals surface area contributed by atoms with Crippen molar-refractivity contribution < 1.29 is 19.1 Å². The predicted octanol–water partition coefficient (Wildman–Crippen LogP) is 2.76. The van der Waals surface area contributed by atoms with Crippen molar-refractivity contribution in [1.29, 1.82) is 0 Å². The van der Waals surface area contributed by atoms with Gasteiger partial charge in [0, 0.05) is 6.08 Å². The summed E-state index contributed by atoms with van der Waals surface area (Å²) >= 11 is 0. The molecule has 0 saturated carbocycles. The molecule has 0 fully saturated rings. The first-order valence-electron chi connectivity index (χ1n) is 6.37. The number of hydrogen-bond acceptors (Lipinski definition) is 4. The van der Waals surface area contributed by atoms with Crippen LogP contribution >= 0.6 is 0 Å². The third-order valence-corrected chi connectivity index (χ3v) is 2.35. The quantitative estimate of drug-likeness (QED) is 0.627. The molecule has 1 rings (SSSR count). The van der Waals surface area contributed by atoms with E-state index in [1.165, 1.54) is 13.2 Å². The minimum absolute atomic E-state index is 0.213. The van der Waals surface area contributed by atoms with Gasteiger partial charge in [-0.05, 0) is 38.0 Å². The molecule has 0 aliphatic rings. The summed E-state index contributed by atoms with van der Waals surface area (Å²) in [6, 6.07) is 7.34. The Morgan fingerprint density at radius 1 is 1.25 bits per heavy atom. The first-order chi connectivity index (χ1) is 9.30. The van der Waals surface area contributed by atoms with E-state index in [9.17, 15) is 9.59 Å². The topological polar surface area (TPSA) is 52.6 Å². The van der Waals surface area contributed by atoms with E-state index in [-0.39, 0.29) is 12.4 Å². The molecule has 0 radical (unpaired) electrons. The average Bonchev–Trinajstić information content (AvgIpc) is 2.34. The Labute approximate surface area is 119 Å². The van der Waals surface area contributed by atoms with Crippen molar-refractivity contribution in [3.8, 4) is 0 Å². The van der Waals surface area contributed by atoms with Crippen molar-refractivity contribution >= 4 is 18.0 Å². The van der Waals surface area contributed by atoms with Gasteiger partial charge in [-0.15, -0.1) is 0 Å². The zero-order chi connectivity index (χ0) is 15.2. The lowest BCUT2D eigenvalue weighted by molar-refractivity contribution is -0.148. The highest BCUT2D eigenvalue weighted by atomic mass is 16.6. The molecule has 1 aromatic rings. The molecule has 0 heterocycles. The van der Waals surface area contributed by atoms with E-state index < -0.39 is 11.6 Å². The van der Waals surface area contributed by atoms with Gasteiger partial charge in [0.1, 0.15) is 5.60 Å². The van der Waals surface area contributed by atoms with Crippen LogP contribution in [0.15, 0.2) is 30.3 Å². The predicted molar refractivity (Wildman–Crippen MR) is 77.0 cm³/mol. The monoisotopic (exact) mass is 276 g/mol. The molecule has 0 aliphatic carbocycles. The minimum Gasteiger partial charge on any atom is -0.469 e. The molecule has 0 N–H and O–H groups in total. The average molecular weight is 276 g/mol. The number of esters is 2. The van der Waals surface area contributed by atoms with E-state index in [1.54, 1.807) is 6.08 Å². The Hall–Kier alpha value is -2.10. The van der Waals surface area contributed by atoms with Gasteiger partial charge in [-0.3, -0.25) is 4.79 Å². The second-order valence-corrected chi connectivity index (χ2v) is 5.36. The second-order valence-electron chi connectivity index (χ2n) is 5.36. The Morgan fingerprint density at radius 2 is 1.95 bits per heavy atom. The third-order valence-electron chi connectivity index (χ3n) is 2.35. The van der Waals surface area contributed by atoms with Crippen molar-refractivity contribution in [2.24, 2.45) is 0 Å². The fourth-order valence-corrected chi connectivity index (χ4v) is 1.55. The Kier molecular flexibility index (Phi) is 5.50. The van der Waals surface area contributed by atoms with Gasteiger partial charge in [0.05, 0.1) is 13.5 Å². The Morgan fingerprint density at radius 3 is 2.55 bits per heavy atom. The molecule has 4 nitrogen and oxygen atoms in total. The molecule has 0 unspecified atom stereocenters. The van der Waals surface area contributed by atoms with Crippen molar-refractivity contribution in [2.45, 2.75) is 32.8 Å². The first-order valence-corrected chi connectivity index (χ1v) is 6.37. The summed E-state index contributed by atoms with van der Waals surface area (Å²) in [5.41, 5.74) is 1.16. The van der Waals surface area contributed by atoms with Gasteiger partial charge in [-0.2, -0.15) is 0 Å². The summed E-state index contributed by atoms with van der Waals surface area (Å²) in [6.45, 7) is 5.45. The van der Waals surface area contributed by atoms with Gasteiger partial charge >= 0.3 is 11.9 Å². The van der Waals surface area contributed by atoms with Crippen molar-refractivity contribution in [2.75, 3.05) is 7.11 Å². The van der Waals surface area contributed by atoms with Crippen LogP contribution < -0.4 is 0 Å². The first kappa shape index (κ1) is 16.0. The van der Waals surface area contributed by atoms with Crippen molar-refractivity contribution in [3.63, 3.8) is 0 Å². The molecule has 0 saturated heterocycles. The second kappa shape index (κ2) is 6.89. The molecule has 0 bridgehead atoms. The number of carbonyl (C=O) groups excluding carboxylic acids is 2. The van der Waals surface area contributed by atoms with Gasteiger partial charge < -0.3 is 9.47 Å². The summed E-state index contributed by atoms with van der Waals surface area (Å²) in [7, 11) is 1.36. The minimum atomic E-state index is -0.506. The fraction of sp³-hybridized carbons (Fsp3) is 0.375. The third kappa shape index (κ3) is 6.18. The maximum atomic E-state index is 11.6. The van der Waals surface area contributed by atoms with Crippen LogP contribution in [0.25, 0.3) is 6.08 Å². The molecule has 0 aromatic heterocycles. The molecule has 4 heteroatoms. The molecule has 0 atom stereocenters. The summed E-state index contributed by atoms with van der Waals surface area (Å²) in [5.74, 6) is -0.686. The highest BCUT2D eigenvalue weighted by Crippen LogP contribution is 2.11. The standard InChI is InChI=1S/C16H20O4/c1-16(2,3)20-14(17)9-8-12-6-5-7-13(10-12)11-15(18)19-4/h5-10H,11H2,1-4H3/b9-8+. The van der Waals surface area contributed by atoms with Crippen molar-refractivity contribution in [3.05, 3.63) is 41.5 Å². The molecular weight excluding hydrogens is 256 g/mol. The number of rotatable bonds is 4. The van der Waals surface area contributed by atoms with Gasteiger partial charge in [0.15, 0.2) is 0 Å². The van der Waals surface area contributed by atoms with Crippen LogP contribution in [0, 0.1) is 0 Å². The van der Waals surface area contributed by atoms with Crippen LogP contribution in [0.4, 0.5) is 0 Å². The highest BCUT2D eigenvalue weighted by Gasteiger charge is 2.13. The maximum Gasteiger partial charge on any atom is 0.331 e. The fourth-order valence-electron chi connectivity index (χ4n) is 1.55. The summed E-state index contributed by atoms with van der Waals surface area (Å²) < 4.78 is 9.79. The summed E-state index contributed by atoms with van der Waals surface area (Å²) in [5, 5.41) is 0. The number of ether oxygens (including phenoxy) is 2. The maximum absolute atomic E-state index is 11.6. The van der Waals surface area contributed by atoms with Crippen LogP contribution in [0.5, 0.6) is 0 Å². The molecule has 0 amide bonds. The van der Waals surface area contributed by atoms with Gasteiger partial charge in [0.25, 0.3) is 0 Å². The zero-order valence-corrected chi connectivity index (χ0v) is 12.3. The van der Waals surface area contributed by atoms with E-state index >= 15 is 0 Å². The Balaban J connectivity index is 2.71. The smallest absolute Gasteiger partial charge is 0.331 e. The van der Waals surface area contributed by atoms with E-state index in [4.69, 9.17) is 4.74 Å². The van der Waals surface area contributed by atoms with E-state index in [2.05, 4.69) is 4.74 Å². The van der Waals surface area contributed by atoms with Crippen LogP contribution in [0.1, 0.15) is 31.9 Å². The van der Waals surface area contributed by atoms with Crippen LogP contribution in [0.2, 0.25) is 0 Å². The van der Waals surface area contributed by atoms with Gasteiger partial charge in [-0.1, -0.05) is 24.3 Å². The number of carbonyl (C=O) groups is 2. The summed E-state index contributed by atoms with van der Waals surface area (Å²) in [6.07, 6.45) is 3.25. The molecule has 108 valence electrons. The largest absolute Gasteiger partial charge is 0.469 e. The molecular formula is C16H20O4. The number of methoxy groups -OCH3 is 1. The summed E-state index contributed by atoms with van der Waals surface area (Å²) in [4.78, 5) is 22.8. The van der Waals surface area contributed by atoms with Crippen molar-refractivity contribution in [1.82, 2.24) is 0 Å².